The highest BCUT2D eigenvalue weighted by Gasteiger charge is 2.25. The molecule has 1 heterocycles. The number of hydrogen-bond acceptors (Lipinski definition) is 2. The van der Waals surface area contributed by atoms with Crippen molar-refractivity contribution in [3.63, 3.8) is 0 Å². The molecule has 2 aromatic carbocycles. The first kappa shape index (κ1) is 13.1. The van der Waals surface area contributed by atoms with E-state index in [0.717, 1.165) is 17.7 Å². The van der Waals surface area contributed by atoms with Crippen molar-refractivity contribution in [3.8, 4) is 0 Å². The minimum Gasteiger partial charge on any atom is -0.389 e. The summed E-state index contributed by atoms with van der Waals surface area (Å²) in [4.78, 5) is 1.86. The molecule has 1 aliphatic rings. The number of rotatable bonds is 2. The van der Waals surface area contributed by atoms with Crippen molar-refractivity contribution >= 4 is 11.4 Å². The van der Waals surface area contributed by atoms with Gasteiger partial charge < -0.3 is 10.0 Å². The van der Waals surface area contributed by atoms with Gasteiger partial charge in [0.1, 0.15) is 11.6 Å². The molecule has 1 atom stereocenters. The highest BCUT2D eigenvalue weighted by molar-refractivity contribution is 5.72. The first-order valence-electron chi connectivity index (χ1n) is 6.60. The third-order valence-corrected chi connectivity index (χ3v) is 3.68. The van der Waals surface area contributed by atoms with E-state index in [-0.39, 0.29) is 11.4 Å². The van der Waals surface area contributed by atoms with Crippen molar-refractivity contribution < 1.29 is 13.9 Å². The standard InChI is InChI=1S/C16H15F2NO/c1-10(20)16-13(18)3-2-4-14(16)19-8-7-11-5-6-12(17)9-15(11)19/h2-6,9-10,20H,7-8H2,1H3. The van der Waals surface area contributed by atoms with Gasteiger partial charge in [-0.25, -0.2) is 8.78 Å². The van der Waals surface area contributed by atoms with E-state index in [1.165, 1.54) is 25.1 Å². The molecule has 0 aromatic heterocycles. The number of anilines is 2. The van der Waals surface area contributed by atoms with Crippen LogP contribution in [0, 0.1) is 11.6 Å². The van der Waals surface area contributed by atoms with Crippen LogP contribution in [-0.2, 0) is 6.42 Å². The van der Waals surface area contributed by atoms with Gasteiger partial charge in [-0.2, -0.15) is 0 Å². The van der Waals surface area contributed by atoms with Crippen LogP contribution in [0.15, 0.2) is 36.4 Å². The first-order chi connectivity index (χ1) is 9.58. The normalized spacial score (nSPS) is 15.3. The van der Waals surface area contributed by atoms with E-state index in [0.29, 0.717) is 12.2 Å². The van der Waals surface area contributed by atoms with Crippen molar-refractivity contribution in [1.82, 2.24) is 0 Å². The lowest BCUT2D eigenvalue weighted by Gasteiger charge is -2.24. The van der Waals surface area contributed by atoms with Crippen molar-refractivity contribution in [1.29, 1.82) is 0 Å². The van der Waals surface area contributed by atoms with Gasteiger partial charge >= 0.3 is 0 Å². The number of halogens is 2. The summed E-state index contributed by atoms with van der Waals surface area (Å²) in [6, 6.07) is 9.33. The van der Waals surface area contributed by atoms with Gasteiger partial charge in [-0.05, 0) is 43.2 Å². The number of hydrogen-bond donors (Lipinski definition) is 1. The molecule has 2 aromatic rings. The molecule has 0 saturated carbocycles. The monoisotopic (exact) mass is 275 g/mol. The maximum atomic E-state index is 13.9. The smallest absolute Gasteiger partial charge is 0.131 e. The topological polar surface area (TPSA) is 23.5 Å². The van der Waals surface area contributed by atoms with Gasteiger partial charge in [-0.15, -0.1) is 0 Å². The van der Waals surface area contributed by atoms with Gasteiger partial charge in [0, 0.05) is 23.5 Å². The quantitative estimate of drug-likeness (QED) is 0.903. The van der Waals surface area contributed by atoms with Gasteiger partial charge in [0.05, 0.1) is 6.10 Å². The molecule has 0 bridgehead atoms. The molecule has 1 aliphatic heterocycles. The summed E-state index contributed by atoms with van der Waals surface area (Å²) in [6.07, 6.45) is -0.130. The number of fused-ring (bicyclic) bond motifs is 1. The van der Waals surface area contributed by atoms with E-state index in [9.17, 15) is 13.9 Å². The zero-order valence-corrected chi connectivity index (χ0v) is 11.1. The molecule has 0 fully saturated rings. The van der Waals surface area contributed by atoms with Crippen LogP contribution >= 0.6 is 0 Å². The molecule has 0 aliphatic carbocycles. The summed E-state index contributed by atoms with van der Waals surface area (Å²) in [5.41, 5.74) is 2.64. The Morgan fingerprint density at radius 1 is 1.15 bits per heavy atom. The second-order valence-electron chi connectivity index (χ2n) is 5.02. The Hall–Kier alpha value is -1.94. The van der Waals surface area contributed by atoms with Crippen molar-refractivity contribution in [2.24, 2.45) is 0 Å². The molecule has 0 radical (unpaired) electrons. The third-order valence-electron chi connectivity index (χ3n) is 3.68. The summed E-state index contributed by atoms with van der Waals surface area (Å²) in [5.74, 6) is -0.756. The lowest BCUT2D eigenvalue weighted by Crippen LogP contribution is -2.17. The van der Waals surface area contributed by atoms with E-state index < -0.39 is 11.9 Å². The van der Waals surface area contributed by atoms with Crippen LogP contribution in [0.4, 0.5) is 20.2 Å². The van der Waals surface area contributed by atoms with E-state index >= 15 is 0 Å². The number of nitrogens with zero attached hydrogens (tertiary/aromatic N) is 1. The molecule has 0 saturated heterocycles. The van der Waals surface area contributed by atoms with Crippen LogP contribution in [0.5, 0.6) is 0 Å². The molecule has 2 nitrogen and oxygen atoms in total. The minimum atomic E-state index is -0.913. The van der Waals surface area contributed by atoms with Crippen molar-refractivity contribution in [3.05, 3.63) is 59.2 Å². The second kappa shape index (κ2) is 4.87. The highest BCUT2D eigenvalue weighted by atomic mass is 19.1. The largest absolute Gasteiger partial charge is 0.389 e. The molecule has 3 rings (SSSR count). The lowest BCUT2D eigenvalue weighted by molar-refractivity contribution is 0.194. The van der Waals surface area contributed by atoms with Crippen LogP contribution in [0.2, 0.25) is 0 Å². The molecule has 0 amide bonds. The Balaban J connectivity index is 2.13. The Morgan fingerprint density at radius 2 is 1.95 bits per heavy atom. The fraction of sp³-hybridized carbons (Fsp3) is 0.250. The fourth-order valence-electron chi connectivity index (χ4n) is 2.78. The highest BCUT2D eigenvalue weighted by Crippen LogP contribution is 2.39. The molecule has 104 valence electrons. The van der Waals surface area contributed by atoms with E-state index in [1.807, 2.05) is 4.90 Å². The Morgan fingerprint density at radius 3 is 2.70 bits per heavy atom. The molecule has 4 heteroatoms. The Labute approximate surface area is 116 Å². The minimum absolute atomic E-state index is 0.254. The fourth-order valence-corrected chi connectivity index (χ4v) is 2.78. The third kappa shape index (κ3) is 2.06. The number of aliphatic hydroxyl groups is 1. The molecule has 0 spiro atoms. The number of aliphatic hydroxyl groups excluding tert-OH is 1. The Kier molecular flexibility index (Phi) is 3.18. The van der Waals surface area contributed by atoms with Crippen LogP contribution < -0.4 is 4.90 Å². The number of benzene rings is 2. The van der Waals surface area contributed by atoms with Crippen molar-refractivity contribution in [2.45, 2.75) is 19.4 Å². The van der Waals surface area contributed by atoms with Gasteiger partial charge in [0.2, 0.25) is 0 Å². The van der Waals surface area contributed by atoms with Crippen LogP contribution in [0.25, 0.3) is 0 Å². The Bertz CT molecular complexity index is 655. The zero-order valence-electron chi connectivity index (χ0n) is 11.1. The summed E-state index contributed by atoms with van der Waals surface area (Å²) < 4.78 is 27.4. The van der Waals surface area contributed by atoms with Gasteiger partial charge in [-0.3, -0.25) is 0 Å². The van der Waals surface area contributed by atoms with E-state index in [4.69, 9.17) is 0 Å². The second-order valence-corrected chi connectivity index (χ2v) is 5.02. The summed E-state index contributed by atoms with van der Waals surface area (Å²) in [7, 11) is 0. The molecule has 20 heavy (non-hydrogen) atoms. The van der Waals surface area contributed by atoms with Crippen LogP contribution in [-0.4, -0.2) is 11.7 Å². The lowest BCUT2D eigenvalue weighted by atomic mass is 10.1. The average Bonchev–Trinajstić information content (AvgIpc) is 2.80. The maximum Gasteiger partial charge on any atom is 0.131 e. The predicted molar refractivity (Wildman–Crippen MR) is 74.1 cm³/mol. The predicted octanol–water partition coefficient (Wildman–Crippen LogP) is 3.71. The first-order valence-corrected chi connectivity index (χ1v) is 6.60. The SMILES string of the molecule is CC(O)c1c(F)cccc1N1CCc2ccc(F)cc21. The van der Waals surface area contributed by atoms with Crippen LogP contribution in [0.1, 0.15) is 24.2 Å². The molecule has 1 unspecified atom stereocenters. The van der Waals surface area contributed by atoms with Gasteiger partial charge in [0.15, 0.2) is 0 Å². The van der Waals surface area contributed by atoms with E-state index in [2.05, 4.69) is 0 Å². The van der Waals surface area contributed by atoms with E-state index in [1.54, 1.807) is 18.2 Å². The zero-order chi connectivity index (χ0) is 14.3. The molecular formula is C16H15F2NO. The average molecular weight is 275 g/mol. The molecular weight excluding hydrogens is 260 g/mol. The summed E-state index contributed by atoms with van der Waals surface area (Å²) in [5, 5.41) is 9.81. The summed E-state index contributed by atoms with van der Waals surface area (Å²) >= 11 is 0. The maximum absolute atomic E-state index is 13.9. The van der Waals surface area contributed by atoms with Crippen molar-refractivity contribution in [2.75, 3.05) is 11.4 Å². The van der Waals surface area contributed by atoms with Gasteiger partial charge in [-0.1, -0.05) is 12.1 Å². The van der Waals surface area contributed by atoms with Gasteiger partial charge in [0.25, 0.3) is 0 Å². The molecule has 1 N–H and O–H groups in total. The summed E-state index contributed by atoms with van der Waals surface area (Å²) in [6.45, 7) is 2.19. The van der Waals surface area contributed by atoms with Crippen LogP contribution in [0.3, 0.4) is 0 Å².